The monoisotopic (exact) mass is 256 g/mol. The zero-order valence-corrected chi connectivity index (χ0v) is 11.5. The van der Waals surface area contributed by atoms with Crippen LogP contribution in [0.25, 0.3) is 0 Å². The molecule has 0 saturated heterocycles. The molecule has 104 valence electrons. The van der Waals surface area contributed by atoms with Gasteiger partial charge in [-0.15, -0.1) is 0 Å². The number of rotatable bonds is 5. The van der Waals surface area contributed by atoms with Gasteiger partial charge in [0.15, 0.2) is 0 Å². The molecule has 0 aromatic carbocycles. The van der Waals surface area contributed by atoms with Gasteiger partial charge in [-0.05, 0) is 18.8 Å². The number of aliphatic carboxylic acids is 1. The van der Waals surface area contributed by atoms with E-state index in [0.717, 1.165) is 19.3 Å². The average Bonchev–Trinajstić information content (AvgIpc) is 2.76. The van der Waals surface area contributed by atoms with Gasteiger partial charge in [0, 0.05) is 19.6 Å². The number of amides is 2. The molecule has 2 N–H and O–H groups in total. The first-order chi connectivity index (χ1) is 8.45. The fraction of sp³-hybridized carbons (Fsp3) is 0.846. The SMILES string of the molecule is CCC(C)CN(C)C(=O)NC1CCCC1C(=O)O. The average molecular weight is 256 g/mol. The summed E-state index contributed by atoms with van der Waals surface area (Å²) in [5.41, 5.74) is 0. The maximum atomic E-state index is 11.9. The van der Waals surface area contributed by atoms with Gasteiger partial charge in [0.1, 0.15) is 0 Å². The van der Waals surface area contributed by atoms with Crippen LogP contribution in [-0.2, 0) is 4.79 Å². The molecule has 5 nitrogen and oxygen atoms in total. The second-order valence-electron chi connectivity index (χ2n) is 5.33. The second-order valence-corrected chi connectivity index (χ2v) is 5.33. The molecule has 3 atom stereocenters. The first-order valence-corrected chi connectivity index (χ1v) is 6.70. The number of hydrogen-bond donors (Lipinski definition) is 2. The molecule has 3 unspecified atom stereocenters. The number of carboxylic acids is 1. The Bertz CT molecular complexity index is 307. The van der Waals surface area contributed by atoms with Gasteiger partial charge in [-0.25, -0.2) is 4.79 Å². The molecule has 0 heterocycles. The fourth-order valence-electron chi connectivity index (χ4n) is 2.38. The van der Waals surface area contributed by atoms with Gasteiger partial charge in [-0.2, -0.15) is 0 Å². The van der Waals surface area contributed by atoms with Crippen LogP contribution < -0.4 is 5.32 Å². The smallest absolute Gasteiger partial charge is 0.317 e. The Balaban J connectivity index is 2.46. The number of carboxylic acid groups (broad SMARTS) is 1. The van der Waals surface area contributed by atoms with Crippen molar-refractivity contribution in [1.29, 1.82) is 0 Å². The predicted octanol–water partition coefficient (Wildman–Crippen LogP) is 1.93. The highest BCUT2D eigenvalue weighted by atomic mass is 16.4. The molecule has 1 aliphatic carbocycles. The Morgan fingerprint density at radius 3 is 2.67 bits per heavy atom. The van der Waals surface area contributed by atoms with Gasteiger partial charge in [0.05, 0.1) is 5.92 Å². The summed E-state index contributed by atoms with van der Waals surface area (Å²) < 4.78 is 0. The molecule has 1 aliphatic rings. The highest BCUT2D eigenvalue weighted by molar-refractivity contribution is 5.77. The van der Waals surface area contributed by atoms with Gasteiger partial charge in [0.25, 0.3) is 0 Å². The van der Waals surface area contributed by atoms with Crippen LogP contribution in [0.3, 0.4) is 0 Å². The van der Waals surface area contributed by atoms with Crippen molar-refractivity contribution in [2.45, 2.75) is 45.6 Å². The third-order valence-corrected chi connectivity index (χ3v) is 3.77. The molecular weight excluding hydrogens is 232 g/mol. The summed E-state index contributed by atoms with van der Waals surface area (Å²) in [6, 6.07) is -0.372. The summed E-state index contributed by atoms with van der Waals surface area (Å²) in [7, 11) is 1.76. The van der Waals surface area contributed by atoms with Crippen molar-refractivity contribution in [2.24, 2.45) is 11.8 Å². The Morgan fingerprint density at radius 2 is 2.11 bits per heavy atom. The summed E-state index contributed by atoms with van der Waals surface area (Å²) in [6.07, 6.45) is 3.32. The lowest BCUT2D eigenvalue weighted by Crippen LogP contribution is -2.47. The topological polar surface area (TPSA) is 69.6 Å². The standard InChI is InChI=1S/C13H24N2O3/c1-4-9(2)8-15(3)13(18)14-11-7-5-6-10(11)12(16)17/h9-11H,4-8H2,1-3H3,(H,14,18)(H,16,17). The van der Waals surface area contributed by atoms with E-state index in [-0.39, 0.29) is 12.1 Å². The lowest BCUT2D eigenvalue weighted by atomic mass is 10.0. The summed E-state index contributed by atoms with van der Waals surface area (Å²) in [6.45, 7) is 4.89. The molecule has 0 aromatic rings. The third-order valence-electron chi connectivity index (χ3n) is 3.77. The lowest BCUT2D eigenvalue weighted by molar-refractivity contribution is -0.142. The van der Waals surface area contributed by atoms with Crippen molar-refractivity contribution in [3.63, 3.8) is 0 Å². The Kier molecular flexibility index (Phi) is 5.44. The molecule has 5 heteroatoms. The van der Waals surface area contributed by atoms with E-state index in [1.54, 1.807) is 11.9 Å². The molecule has 0 radical (unpaired) electrons. The number of nitrogens with one attached hydrogen (secondary N) is 1. The molecule has 0 bridgehead atoms. The van der Waals surface area contributed by atoms with Gasteiger partial charge < -0.3 is 15.3 Å². The molecule has 0 spiro atoms. The quantitative estimate of drug-likeness (QED) is 0.789. The summed E-state index contributed by atoms with van der Waals surface area (Å²) in [5.74, 6) is -0.770. The Morgan fingerprint density at radius 1 is 1.44 bits per heavy atom. The molecule has 0 aliphatic heterocycles. The highest BCUT2D eigenvalue weighted by Gasteiger charge is 2.34. The minimum atomic E-state index is -0.803. The molecule has 1 fully saturated rings. The number of urea groups is 1. The minimum Gasteiger partial charge on any atom is -0.481 e. The van der Waals surface area contributed by atoms with Crippen LogP contribution in [0.1, 0.15) is 39.5 Å². The van der Waals surface area contributed by atoms with Crippen LogP contribution >= 0.6 is 0 Å². The number of carbonyl (C=O) groups excluding carboxylic acids is 1. The van der Waals surface area contributed by atoms with Gasteiger partial charge in [-0.3, -0.25) is 4.79 Å². The molecule has 0 aromatic heterocycles. The van der Waals surface area contributed by atoms with Crippen LogP contribution in [0, 0.1) is 11.8 Å². The summed E-state index contributed by atoms with van der Waals surface area (Å²) in [5, 5.41) is 11.9. The predicted molar refractivity (Wildman–Crippen MR) is 69.4 cm³/mol. The van der Waals surface area contributed by atoms with Gasteiger partial charge in [-0.1, -0.05) is 26.7 Å². The maximum Gasteiger partial charge on any atom is 0.317 e. The molecule has 1 rings (SSSR count). The van der Waals surface area contributed by atoms with Crippen molar-refractivity contribution in [2.75, 3.05) is 13.6 Å². The summed E-state index contributed by atoms with van der Waals surface area (Å²) in [4.78, 5) is 24.6. The van der Waals surface area contributed by atoms with Crippen molar-refractivity contribution >= 4 is 12.0 Å². The molecule has 1 saturated carbocycles. The van der Waals surface area contributed by atoms with Gasteiger partial charge in [0.2, 0.25) is 0 Å². The minimum absolute atomic E-state index is 0.159. The van der Waals surface area contributed by atoms with Crippen LogP contribution in [0.2, 0.25) is 0 Å². The van der Waals surface area contributed by atoms with Crippen molar-refractivity contribution in [3.05, 3.63) is 0 Å². The van der Waals surface area contributed by atoms with Crippen LogP contribution in [0.15, 0.2) is 0 Å². The van der Waals surface area contributed by atoms with E-state index in [1.807, 2.05) is 0 Å². The van der Waals surface area contributed by atoms with E-state index >= 15 is 0 Å². The lowest BCUT2D eigenvalue weighted by Gasteiger charge is -2.25. The van der Waals surface area contributed by atoms with Crippen LogP contribution in [0.5, 0.6) is 0 Å². The van der Waals surface area contributed by atoms with E-state index in [4.69, 9.17) is 5.11 Å². The fourth-order valence-corrected chi connectivity index (χ4v) is 2.38. The zero-order chi connectivity index (χ0) is 13.7. The Labute approximate surface area is 109 Å². The molecular formula is C13H24N2O3. The van der Waals surface area contributed by atoms with E-state index in [0.29, 0.717) is 18.9 Å². The van der Waals surface area contributed by atoms with E-state index < -0.39 is 11.9 Å². The highest BCUT2D eigenvalue weighted by Crippen LogP contribution is 2.25. The normalized spacial score (nSPS) is 24.6. The van der Waals surface area contributed by atoms with E-state index in [9.17, 15) is 9.59 Å². The van der Waals surface area contributed by atoms with Crippen molar-refractivity contribution in [1.82, 2.24) is 10.2 Å². The maximum absolute atomic E-state index is 11.9. The molecule has 18 heavy (non-hydrogen) atoms. The largest absolute Gasteiger partial charge is 0.481 e. The van der Waals surface area contributed by atoms with E-state index in [1.165, 1.54) is 0 Å². The second kappa shape index (κ2) is 6.61. The molecule has 2 amide bonds. The Hall–Kier alpha value is -1.26. The van der Waals surface area contributed by atoms with E-state index in [2.05, 4.69) is 19.2 Å². The van der Waals surface area contributed by atoms with Crippen molar-refractivity contribution in [3.8, 4) is 0 Å². The van der Waals surface area contributed by atoms with Gasteiger partial charge >= 0.3 is 12.0 Å². The summed E-state index contributed by atoms with van der Waals surface area (Å²) >= 11 is 0. The third kappa shape index (κ3) is 3.89. The van der Waals surface area contributed by atoms with Crippen LogP contribution in [0.4, 0.5) is 4.79 Å². The first kappa shape index (κ1) is 14.8. The number of carbonyl (C=O) groups is 2. The number of nitrogens with zero attached hydrogens (tertiary/aromatic N) is 1. The van der Waals surface area contributed by atoms with Crippen LogP contribution in [-0.4, -0.2) is 41.6 Å². The number of hydrogen-bond acceptors (Lipinski definition) is 2. The zero-order valence-electron chi connectivity index (χ0n) is 11.5. The first-order valence-electron chi connectivity index (χ1n) is 6.70. The van der Waals surface area contributed by atoms with Crippen molar-refractivity contribution < 1.29 is 14.7 Å².